The fourth-order valence-electron chi connectivity index (χ4n) is 4.47. The summed E-state index contributed by atoms with van der Waals surface area (Å²) >= 11 is 0. The van der Waals surface area contributed by atoms with E-state index in [9.17, 15) is 14.7 Å². The second-order valence-electron chi connectivity index (χ2n) is 8.80. The third kappa shape index (κ3) is 5.69. The monoisotopic (exact) mass is 489 g/mol. The summed E-state index contributed by atoms with van der Waals surface area (Å²) in [6, 6.07) is 24.1. The summed E-state index contributed by atoms with van der Waals surface area (Å²) in [4.78, 5) is 26.6. The van der Waals surface area contributed by atoms with Crippen LogP contribution in [0.4, 0.5) is 16.2 Å². The van der Waals surface area contributed by atoms with E-state index in [0.717, 1.165) is 11.1 Å². The van der Waals surface area contributed by atoms with Gasteiger partial charge in [0.1, 0.15) is 17.5 Å². The van der Waals surface area contributed by atoms with Crippen molar-refractivity contribution < 1.29 is 28.9 Å². The number of ether oxygens (including phenoxy) is 3. The fraction of sp³-hybridized carbons (Fsp3) is 0.310. The van der Waals surface area contributed by atoms with Crippen LogP contribution >= 0.6 is 0 Å². The Labute approximate surface area is 211 Å². The van der Waals surface area contributed by atoms with Crippen molar-refractivity contribution in [2.24, 2.45) is 0 Å². The van der Waals surface area contributed by atoms with Crippen molar-refractivity contribution >= 4 is 23.4 Å². The number of rotatable bonds is 8. The average molecular weight is 490 g/mol. The Hall–Kier alpha value is -3.84. The Morgan fingerprint density at radius 3 is 2.22 bits per heavy atom. The number of carbonyl (C=O) groups is 2. The summed E-state index contributed by atoms with van der Waals surface area (Å²) in [5, 5.41) is 11.5. The van der Waals surface area contributed by atoms with E-state index in [1.165, 1.54) is 4.90 Å². The van der Waals surface area contributed by atoms with Crippen molar-refractivity contribution in [3.63, 3.8) is 0 Å². The van der Waals surface area contributed by atoms with Gasteiger partial charge in [-0.2, -0.15) is 0 Å². The molecule has 0 saturated heterocycles. The van der Waals surface area contributed by atoms with Crippen molar-refractivity contribution in [1.29, 1.82) is 0 Å². The summed E-state index contributed by atoms with van der Waals surface area (Å²) in [7, 11) is 0. The highest BCUT2D eigenvalue weighted by atomic mass is 16.6. The van der Waals surface area contributed by atoms with Crippen molar-refractivity contribution in [2.45, 2.75) is 44.8 Å². The molecule has 1 aliphatic carbocycles. The third-order valence-electron chi connectivity index (χ3n) is 6.43. The van der Waals surface area contributed by atoms with E-state index in [1.807, 2.05) is 78.9 Å². The van der Waals surface area contributed by atoms with Gasteiger partial charge in [0, 0.05) is 6.42 Å². The van der Waals surface area contributed by atoms with Crippen LogP contribution in [0.1, 0.15) is 31.4 Å². The molecule has 7 heteroatoms. The van der Waals surface area contributed by atoms with E-state index in [-0.39, 0.29) is 6.61 Å². The zero-order chi connectivity index (χ0) is 25.5. The maximum Gasteiger partial charge on any atom is 0.419 e. The summed E-state index contributed by atoms with van der Waals surface area (Å²) in [5.74, 6) is 0.177. The molecule has 0 aliphatic heterocycles. The lowest BCUT2D eigenvalue weighted by molar-refractivity contribution is -0.145. The summed E-state index contributed by atoms with van der Waals surface area (Å²) in [5.41, 5.74) is 1.94. The normalized spacial score (nSPS) is 17.4. The maximum atomic E-state index is 13.4. The zero-order valence-corrected chi connectivity index (χ0v) is 20.6. The fourth-order valence-corrected chi connectivity index (χ4v) is 4.47. The second kappa shape index (κ2) is 11.3. The lowest BCUT2D eigenvalue weighted by Crippen LogP contribution is -2.48. The second-order valence-corrected chi connectivity index (χ2v) is 8.80. The number of amides is 1. The number of aliphatic hydroxyl groups is 1. The van der Waals surface area contributed by atoms with Gasteiger partial charge in [-0.05, 0) is 68.1 Å². The molecule has 0 fully saturated rings. The van der Waals surface area contributed by atoms with Crippen molar-refractivity contribution in [3.05, 3.63) is 90.0 Å². The Morgan fingerprint density at radius 1 is 0.972 bits per heavy atom. The molecule has 2 atom stereocenters. The molecule has 2 unspecified atom stereocenters. The summed E-state index contributed by atoms with van der Waals surface area (Å²) in [6.45, 7) is 3.59. The van der Waals surface area contributed by atoms with Crippen LogP contribution < -0.4 is 9.64 Å². The molecule has 0 bridgehead atoms. The highest BCUT2D eigenvalue weighted by Gasteiger charge is 2.41. The Morgan fingerprint density at radius 2 is 1.61 bits per heavy atom. The van der Waals surface area contributed by atoms with E-state index in [2.05, 4.69) is 0 Å². The molecule has 36 heavy (non-hydrogen) atoms. The maximum absolute atomic E-state index is 13.4. The first-order valence-electron chi connectivity index (χ1n) is 12.1. The summed E-state index contributed by atoms with van der Waals surface area (Å²) < 4.78 is 16.5. The number of para-hydroxylation sites is 2. The smallest absolute Gasteiger partial charge is 0.419 e. The lowest BCUT2D eigenvalue weighted by atomic mass is 9.77. The van der Waals surface area contributed by atoms with Gasteiger partial charge < -0.3 is 19.3 Å². The number of anilines is 2. The number of esters is 1. The Balaban J connectivity index is 1.49. The third-order valence-corrected chi connectivity index (χ3v) is 6.43. The van der Waals surface area contributed by atoms with Gasteiger partial charge >= 0.3 is 12.1 Å². The molecule has 1 N–H and O–H groups in total. The van der Waals surface area contributed by atoms with Crippen molar-refractivity contribution in [3.8, 4) is 5.75 Å². The van der Waals surface area contributed by atoms with Crippen LogP contribution in [0.15, 0.2) is 78.9 Å². The van der Waals surface area contributed by atoms with Gasteiger partial charge in [-0.1, -0.05) is 48.5 Å². The lowest BCUT2D eigenvalue weighted by Gasteiger charge is -2.38. The van der Waals surface area contributed by atoms with Crippen LogP contribution in [-0.4, -0.2) is 42.1 Å². The van der Waals surface area contributed by atoms with Crippen LogP contribution in [0.25, 0.3) is 0 Å². The minimum Gasteiger partial charge on any atom is -0.482 e. The van der Waals surface area contributed by atoms with E-state index in [4.69, 9.17) is 14.2 Å². The van der Waals surface area contributed by atoms with E-state index in [1.54, 1.807) is 13.8 Å². The molecule has 188 valence electrons. The number of fused-ring (bicyclic) bond motifs is 1. The minimum atomic E-state index is -1.25. The van der Waals surface area contributed by atoms with Crippen LogP contribution in [0.5, 0.6) is 5.75 Å². The van der Waals surface area contributed by atoms with Crippen LogP contribution in [0, 0.1) is 0 Å². The molecule has 1 amide bonds. The molecule has 0 aromatic heterocycles. The Kier molecular flexibility index (Phi) is 7.90. The predicted octanol–water partition coefficient (Wildman–Crippen LogP) is 5.21. The van der Waals surface area contributed by atoms with Crippen LogP contribution in [0.3, 0.4) is 0 Å². The first kappa shape index (κ1) is 25.3. The molecule has 0 radical (unpaired) electrons. The molecule has 0 spiro atoms. The average Bonchev–Trinajstić information content (AvgIpc) is 2.89. The molecular formula is C29H31NO6. The van der Waals surface area contributed by atoms with Gasteiger partial charge in [0.25, 0.3) is 0 Å². The van der Waals surface area contributed by atoms with E-state index < -0.39 is 23.8 Å². The minimum absolute atomic E-state index is 0.169. The molecule has 7 nitrogen and oxygen atoms in total. The largest absolute Gasteiger partial charge is 0.482 e. The first-order valence-corrected chi connectivity index (χ1v) is 12.1. The molecule has 4 rings (SSSR count). The van der Waals surface area contributed by atoms with Gasteiger partial charge in [0.2, 0.25) is 0 Å². The van der Waals surface area contributed by atoms with E-state index in [0.29, 0.717) is 43.0 Å². The molecule has 1 aliphatic rings. The number of carbonyl (C=O) groups excluding carboxylic acids is 2. The van der Waals surface area contributed by atoms with E-state index >= 15 is 0 Å². The molecule has 0 saturated carbocycles. The highest BCUT2D eigenvalue weighted by molar-refractivity contribution is 5.96. The van der Waals surface area contributed by atoms with Crippen LogP contribution in [-0.2, 0) is 27.1 Å². The summed E-state index contributed by atoms with van der Waals surface area (Å²) in [6.07, 6.45) is -0.134. The Bertz CT molecular complexity index is 1140. The van der Waals surface area contributed by atoms with Gasteiger partial charge in [-0.25, -0.2) is 14.5 Å². The highest BCUT2D eigenvalue weighted by Crippen LogP contribution is 2.37. The standard InChI is InChI=1S/C29H31NO6/c1-3-34-27(31)20-35-26-16-10-11-22-19-29(33,18-17-25(22)26)21(2)36-28(32)30(23-12-6-4-7-13-23)24-14-8-5-9-15-24/h4-16,21,33H,3,17-20H2,1-2H3. The predicted molar refractivity (Wildman–Crippen MR) is 137 cm³/mol. The van der Waals surface area contributed by atoms with Crippen molar-refractivity contribution in [2.75, 3.05) is 18.1 Å². The van der Waals surface area contributed by atoms with Gasteiger partial charge in [-0.3, -0.25) is 0 Å². The number of nitrogens with zero attached hydrogens (tertiary/aromatic N) is 1. The number of hydrogen-bond donors (Lipinski definition) is 1. The molecular weight excluding hydrogens is 458 g/mol. The van der Waals surface area contributed by atoms with Gasteiger partial charge in [0.15, 0.2) is 6.61 Å². The van der Waals surface area contributed by atoms with Crippen LogP contribution in [0.2, 0.25) is 0 Å². The van der Waals surface area contributed by atoms with Crippen molar-refractivity contribution in [1.82, 2.24) is 0 Å². The molecule has 3 aromatic carbocycles. The quantitative estimate of drug-likeness (QED) is 0.437. The first-order chi connectivity index (χ1) is 17.4. The topological polar surface area (TPSA) is 85.3 Å². The number of benzene rings is 3. The number of hydrogen-bond acceptors (Lipinski definition) is 6. The molecule has 3 aromatic rings. The van der Waals surface area contributed by atoms with Gasteiger partial charge in [-0.15, -0.1) is 0 Å². The SMILES string of the molecule is CCOC(=O)COc1cccc2c1CCC(O)(C(C)OC(=O)N(c1ccccc1)c1ccccc1)C2. The van der Waals surface area contributed by atoms with Gasteiger partial charge in [0.05, 0.1) is 18.0 Å². The molecule has 0 heterocycles. The zero-order valence-electron chi connectivity index (χ0n) is 20.6.